The van der Waals surface area contributed by atoms with E-state index in [2.05, 4.69) is 15.2 Å². The van der Waals surface area contributed by atoms with Crippen LogP contribution in [0.25, 0.3) is 11.3 Å². The lowest BCUT2D eigenvalue weighted by Gasteiger charge is -2.27. The van der Waals surface area contributed by atoms with Crippen molar-refractivity contribution in [3.63, 3.8) is 0 Å². The van der Waals surface area contributed by atoms with E-state index < -0.39 is 0 Å². The number of rotatable bonds is 4. The van der Waals surface area contributed by atoms with Gasteiger partial charge in [-0.2, -0.15) is 0 Å². The largest absolute Gasteiger partial charge is 0.441 e. The van der Waals surface area contributed by atoms with E-state index in [0.717, 1.165) is 37.9 Å². The zero-order chi connectivity index (χ0) is 17.2. The molecule has 1 amide bonds. The first kappa shape index (κ1) is 16.6. The van der Waals surface area contributed by atoms with E-state index >= 15 is 0 Å². The highest BCUT2D eigenvalue weighted by Gasteiger charge is 2.37. The van der Waals surface area contributed by atoms with Crippen LogP contribution in [0.15, 0.2) is 34.9 Å². The Labute approximate surface area is 152 Å². The van der Waals surface area contributed by atoms with Crippen LogP contribution in [-0.2, 0) is 11.2 Å². The molecule has 5 nitrogen and oxygen atoms in total. The van der Waals surface area contributed by atoms with Crippen molar-refractivity contribution in [2.24, 2.45) is 0 Å². The van der Waals surface area contributed by atoms with Crippen molar-refractivity contribution < 1.29 is 9.21 Å². The number of aromatic nitrogens is 1. The maximum atomic E-state index is 12.7. The van der Waals surface area contributed by atoms with Crippen molar-refractivity contribution in [3.05, 3.63) is 41.4 Å². The Hall–Kier alpha value is -1.85. The van der Waals surface area contributed by atoms with E-state index in [1.807, 2.05) is 24.3 Å². The third-order valence-electron chi connectivity index (χ3n) is 5.18. The van der Waals surface area contributed by atoms with Gasteiger partial charge in [0.05, 0.1) is 6.20 Å². The second kappa shape index (κ2) is 7.18. The lowest BCUT2D eigenvalue weighted by Crippen LogP contribution is -2.42. The molecular weight excluding hydrogens is 338 g/mol. The molecule has 1 N–H and O–H groups in total. The molecule has 1 aromatic carbocycles. The lowest BCUT2D eigenvalue weighted by atomic mass is 10.1. The first-order valence-corrected chi connectivity index (χ1v) is 9.31. The smallest absolute Gasteiger partial charge is 0.223 e. The Morgan fingerprint density at radius 2 is 2.04 bits per heavy atom. The van der Waals surface area contributed by atoms with Gasteiger partial charge in [-0.05, 0) is 50.1 Å². The summed E-state index contributed by atoms with van der Waals surface area (Å²) in [6, 6.07) is 8.22. The highest BCUT2D eigenvalue weighted by atomic mass is 35.5. The number of carbonyl (C=O) groups is 1. The summed E-state index contributed by atoms with van der Waals surface area (Å²) in [5.74, 6) is 1.54. The van der Waals surface area contributed by atoms with Crippen molar-refractivity contribution in [1.29, 1.82) is 0 Å². The molecule has 0 saturated carbocycles. The Balaban J connectivity index is 1.38. The maximum Gasteiger partial charge on any atom is 0.223 e. The fourth-order valence-electron chi connectivity index (χ4n) is 3.91. The van der Waals surface area contributed by atoms with E-state index in [1.54, 1.807) is 6.20 Å². The molecule has 25 heavy (non-hydrogen) atoms. The number of aryl methyl sites for hydroxylation is 1. The van der Waals surface area contributed by atoms with E-state index in [0.29, 0.717) is 41.6 Å². The summed E-state index contributed by atoms with van der Waals surface area (Å²) >= 11 is 5.91. The van der Waals surface area contributed by atoms with Crippen LogP contribution in [0.3, 0.4) is 0 Å². The monoisotopic (exact) mass is 359 g/mol. The van der Waals surface area contributed by atoms with Gasteiger partial charge < -0.3 is 14.6 Å². The minimum absolute atomic E-state index is 0.224. The van der Waals surface area contributed by atoms with Gasteiger partial charge in [0.2, 0.25) is 5.91 Å². The normalized spacial score (nSPS) is 22.8. The van der Waals surface area contributed by atoms with Crippen LogP contribution in [0.4, 0.5) is 0 Å². The molecule has 6 heteroatoms. The molecule has 2 fully saturated rings. The standard InChI is InChI=1S/C19H22ClN3O2/c20-14-3-1-13(2-4-14)17-12-22-18(25-17)7-8-19(24)23-15-5-6-16(23)11-21-10-9-15/h1-4,12,15-16,21H,5-11H2. The summed E-state index contributed by atoms with van der Waals surface area (Å²) in [5.41, 5.74) is 0.936. The molecule has 2 atom stereocenters. The summed E-state index contributed by atoms with van der Waals surface area (Å²) in [5, 5.41) is 4.12. The van der Waals surface area contributed by atoms with Gasteiger partial charge >= 0.3 is 0 Å². The van der Waals surface area contributed by atoms with Gasteiger partial charge in [0.15, 0.2) is 11.7 Å². The molecule has 2 unspecified atom stereocenters. The minimum Gasteiger partial charge on any atom is -0.441 e. The van der Waals surface area contributed by atoms with Crippen molar-refractivity contribution >= 4 is 17.5 Å². The van der Waals surface area contributed by atoms with Crippen LogP contribution < -0.4 is 5.32 Å². The average Bonchev–Trinajstić information content (AvgIpc) is 3.17. The van der Waals surface area contributed by atoms with E-state index in [1.165, 1.54) is 0 Å². The van der Waals surface area contributed by atoms with Crippen molar-refractivity contribution in [2.45, 2.75) is 44.2 Å². The molecular formula is C19H22ClN3O2. The van der Waals surface area contributed by atoms with Gasteiger partial charge in [-0.15, -0.1) is 0 Å². The summed E-state index contributed by atoms with van der Waals surface area (Å²) in [6.07, 6.45) is 6.01. The Kier molecular flexibility index (Phi) is 4.77. The van der Waals surface area contributed by atoms with Gasteiger partial charge in [0.25, 0.3) is 0 Å². The number of carbonyl (C=O) groups excluding carboxylic acids is 1. The third kappa shape index (κ3) is 3.58. The highest BCUT2D eigenvalue weighted by Crippen LogP contribution is 2.29. The minimum atomic E-state index is 0.224. The van der Waals surface area contributed by atoms with Crippen LogP contribution in [0, 0.1) is 0 Å². The van der Waals surface area contributed by atoms with Crippen LogP contribution in [0.2, 0.25) is 5.02 Å². The Morgan fingerprint density at radius 3 is 2.88 bits per heavy atom. The van der Waals surface area contributed by atoms with Crippen LogP contribution >= 0.6 is 11.6 Å². The SMILES string of the molecule is O=C(CCc1ncc(-c2ccc(Cl)cc2)o1)N1C2CCNCC1CC2. The molecule has 0 aliphatic carbocycles. The van der Waals surface area contributed by atoms with Crippen LogP contribution in [0.5, 0.6) is 0 Å². The van der Waals surface area contributed by atoms with Crippen molar-refractivity contribution in [1.82, 2.24) is 15.2 Å². The molecule has 4 rings (SSSR count). The molecule has 2 saturated heterocycles. The molecule has 0 radical (unpaired) electrons. The predicted octanol–water partition coefficient (Wildman–Crippen LogP) is 3.28. The highest BCUT2D eigenvalue weighted by molar-refractivity contribution is 6.30. The molecule has 0 spiro atoms. The average molecular weight is 360 g/mol. The van der Waals surface area contributed by atoms with E-state index in [-0.39, 0.29) is 5.91 Å². The second-order valence-corrected chi connectivity index (χ2v) is 7.24. The number of benzene rings is 1. The number of oxazole rings is 1. The predicted molar refractivity (Wildman–Crippen MR) is 96.4 cm³/mol. The summed E-state index contributed by atoms with van der Waals surface area (Å²) in [6.45, 7) is 1.93. The summed E-state index contributed by atoms with van der Waals surface area (Å²) in [7, 11) is 0. The number of nitrogens with zero attached hydrogens (tertiary/aromatic N) is 2. The number of fused-ring (bicyclic) bond motifs is 2. The first-order chi connectivity index (χ1) is 12.2. The van der Waals surface area contributed by atoms with Gasteiger partial charge in [0.1, 0.15) is 0 Å². The van der Waals surface area contributed by atoms with E-state index in [4.69, 9.17) is 16.0 Å². The number of hydrogen-bond acceptors (Lipinski definition) is 4. The summed E-state index contributed by atoms with van der Waals surface area (Å²) < 4.78 is 5.80. The zero-order valence-electron chi connectivity index (χ0n) is 14.1. The van der Waals surface area contributed by atoms with Gasteiger partial charge in [-0.1, -0.05) is 11.6 Å². The van der Waals surface area contributed by atoms with E-state index in [9.17, 15) is 4.79 Å². The number of halogens is 1. The fourth-order valence-corrected chi connectivity index (χ4v) is 4.03. The fraction of sp³-hybridized carbons (Fsp3) is 0.474. The van der Waals surface area contributed by atoms with Crippen molar-refractivity contribution in [3.8, 4) is 11.3 Å². The molecule has 132 valence electrons. The van der Waals surface area contributed by atoms with Crippen molar-refractivity contribution in [2.75, 3.05) is 13.1 Å². The Bertz CT molecular complexity index is 729. The van der Waals surface area contributed by atoms with Crippen LogP contribution in [0.1, 0.15) is 31.6 Å². The number of amides is 1. The molecule has 2 aliphatic rings. The topological polar surface area (TPSA) is 58.4 Å². The van der Waals surface area contributed by atoms with Gasteiger partial charge in [-0.25, -0.2) is 4.98 Å². The second-order valence-electron chi connectivity index (χ2n) is 6.80. The number of hydrogen-bond donors (Lipinski definition) is 1. The lowest BCUT2D eigenvalue weighted by molar-refractivity contribution is -0.133. The number of nitrogens with one attached hydrogen (secondary N) is 1. The summed E-state index contributed by atoms with van der Waals surface area (Å²) in [4.78, 5) is 19.1. The molecule has 2 bridgehead atoms. The van der Waals surface area contributed by atoms with Gasteiger partial charge in [0, 0.05) is 42.1 Å². The first-order valence-electron chi connectivity index (χ1n) is 8.93. The third-order valence-corrected chi connectivity index (χ3v) is 5.43. The molecule has 3 heterocycles. The quantitative estimate of drug-likeness (QED) is 0.910. The molecule has 1 aromatic heterocycles. The van der Waals surface area contributed by atoms with Gasteiger partial charge in [-0.3, -0.25) is 4.79 Å². The zero-order valence-corrected chi connectivity index (χ0v) is 14.8. The van der Waals surface area contributed by atoms with Crippen LogP contribution in [-0.4, -0.2) is 41.0 Å². The molecule has 2 aliphatic heterocycles. The Morgan fingerprint density at radius 1 is 1.24 bits per heavy atom. The molecule has 2 aromatic rings. The maximum absolute atomic E-state index is 12.7.